The number of nitrogens with one attached hydrogen (secondary N) is 1. The second-order valence-corrected chi connectivity index (χ2v) is 6.75. The first-order chi connectivity index (χ1) is 14.2. The second-order valence-electron chi connectivity index (χ2n) is 6.75. The number of nitrogens with zero attached hydrogens (tertiary/aromatic N) is 2. The summed E-state index contributed by atoms with van der Waals surface area (Å²) in [6.07, 6.45) is 1.45. The number of benzene rings is 3. The molecule has 3 N–H and O–H groups in total. The Labute approximate surface area is 170 Å². The summed E-state index contributed by atoms with van der Waals surface area (Å²) in [5.74, 6) is 1.53. The van der Waals surface area contributed by atoms with Gasteiger partial charge in [0.05, 0.1) is 6.04 Å². The molecule has 0 saturated carbocycles. The third-order valence-electron chi connectivity index (χ3n) is 4.63. The van der Waals surface area contributed by atoms with Gasteiger partial charge in [0.25, 0.3) is 0 Å². The largest absolute Gasteiger partial charge is 0.437 e. The van der Waals surface area contributed by atoms with E-state index in [0.717, 1.165) is 16.7 Å². The Hall–Kier alpha value is -3.86. The van der Waals surface area contributed by atoms with Gasteiger partial charge in [-0.05, 0) is 30.2 Å². The molecule has 0 radical (unpaired) electrons. The highest BCUT2D eigenvalue weighted by Gasteiger charge is 2.18. The van der Waals surface area contributed by atoms with Gasteiger partial charge in [-0.15, -0.1) is 0 Å². The summed E-state index contributed by atoms with van der Waals surface area (Å²) in [5, 5.41) is 3.46. The molecule has 0 atom stereocenters. The summed E-state index contributed by atoms with van der Waals surface area (Å²) in [5.41, 5.74) is 10.1. The smallest absolute Gasteiger partial charge is 0.248 e. The Morgan fingerprint density at radius 2 is 1.38 bits per heavy atom. The van der Waals surface area contributed by atoms with E-state index < -0.39 is 0 Å². The van der Waals surface area contributed by atoms with Gasteiger partial charge in [-0.25, -0.2) is 4.98 Å². The van der Waals surface area contributed by atoms with Crippen molar-refractivity contribution >= 4 is 11.5 Å². The standard InChI is InChI=1S/C24H22N4O/c1-17-12-14-20(15-13-17)29-24-21(25)23(26-16-27-24)28-22(18-8-4-2-5-9-18)19-10-6-3-7-11-19/h2-16,22H,25H2,1H3,(H,26,27,28). The Bertz CT molecular complexity index is 1030. The van der Waals surface area contributed by atoms with Crippen LogP contribution in [0.2, 0.25) is 0 Å². The minimum absolute atomic E-state index is 0.109. The van der Waals surface area contributed by atoms with Crippen LogP contribution in [0.5, 0.6) is 11.6 Å². The SMILES string of the molecule is Cc1ccc(Oc2ncnc(NC(c3ccccc3)c3ccccc3)c2N)cc1. The average Bonchev–Trinajstić information content (AvgIpc) is 2.77. The van der Waals surface area contributed by atoms with Crippen LogP contribution in [0, 0.1) is 6.92 Å². The summed E-state index contributed by atoms with van der Waals surface area (Å²) >= 11 is 0. The Balaban J connectivity index is 1.65. The van der Waals surface area contributed by atoms with E-state index in [2.05, 4.69) is 39.6 Å². The minimum Gasteiger partial charge on any atom is -0.437 e. The fraction of sp³-hybridized carbons (Fsp3) is 0.0833. The molecule has 4 aromatic rings. The molecule has 0 fully saturated rings. The molecule has 0 amide bonds. The lowest BCUT2D eigenvalue weighted by molar-refractivity contribution is 0.464. The predicted molar refractivity (Wildman–Crippen MR) is 116 cm³/mol. The summed E-state index contributed by atoms with van der Waals surface area (Å²) in [6, 6.07) is 28.0. The first kappa shape index (κ1) is 18.5. The van der Waals surface area contributed by atoms with Crippen molar-refractivity contribution in [1.82, 2.24) is 9.97 Å². The van der Waals surface area contributed by atoms with Gasteiger partial charge < -0.3 is 15.8 Å². The average molecular weight is 382 g/mol. The molecule has 29 heavy (non-hydrogen) atoms. The predicted octanol–water partition coefficient (Wildman–Crippen LogP) is 5.36. The highest BCUT2D eigenvalue weighted by atomic mass is 16.5. The van der Waals surface area contributed by atoms with E-state index in [4.69, 9.17) is 10.5 Å². The van der Waals surface area contributed by atoms with Gasteiger partial charge in [-0.3, -0.25) is 0 Å². The van der Waals surface area contributed by atoms with E-state index in [1.165, 1.54) is 6.33 Å². The van der Waals surface area contributed by atoms with Crippen molar-refractivity contribution in [2.24, 2.45) is 0 Å². The summed E-state index contributed by atoms with van der Waals surface area (Å²) < 4.78 is 5.88. The van der Waals surface area contributed by atoms with Crippen LogP contribution >= 0.6 is 0 Å². The number of rotatable bonds is 6. The van der Waals surface area contributed by atoms with E-state index in [1.807, 2.05) is 67.6 Å². The highest BCUT2D eigenvalue weighted by molar-refractivity contribution is 5.68. The molecule has 5 nitrogen and oxygen atoms in total. The van der Waals surface area contributed by atoms with Crippen LogP contribution in [0.3, 0.4) is 0 Å². The summed E-state index contributed by atoms with van der Waals surface area (Å²) in [4.78, 5) is 8.57. The van der Waals surface area contributed by atoms with Crippen molar-refractivity contribution in [2.45, 2.75) is 13.0 Å². The zero-order valence-corrected chi connectivity index (χ0v) is 16.1. The van der Waals surface area contributed by atoms with Gasteiger partial charge in [-0.1, -0.05) is 78.4 Å². The first-order valence-corrected chi connectivity index (χ1v) is 9.42. The molecule has 0 aliphatic carbocycles. The van der Waals surface area contributed by atoms with Crippen molar-refractivity contribution in [2.75, 3.05) is 11.1 Å². The molecule has 1 aromatic heterocycles. The van der Waals surface area contributed by atoms with Crippen molar-refractivity contribution in [1.29, 1.82) is 0 Å². The third kappa shape index (κ3) is 4.35. The number of anilines is 2. The molecule has 0 unspecified atom stereocenters. The van der Waals surface area contributed by atoms with Gasteiger partial charge >= 0.3 is 0 Å². The summed E-state index contributed by atoms with van der Waals surface area (Å²) in [6.45, 7) is 2.03. The van der Waals surface area contributed by atoms with Gasteiger partial charge in [0.2, 0.25) is 5.88 Å². The Morgan fingerprint density at radius 1 is 0.793 bits per heavy atom. The molecule has 5 heteroatoms. The molecule has 3 aromatic carbocycles. The van der Waals surface area contributed by atoms with Crippen LogP contribution in [0.1, 0.15) is 22.7 Å². The van der Waals surface area contributed by atoms with Crippen LogP contribution in [-0.4, -0.2) is 9.97 Å². The van der Waals surface area contributed by atoms with E-state index in [-0.39, 0.29) is 6.04 Å². The zero-order valence-electron chi connectivity index (χ0n) is 16.1. The molecule has 1 heterocycles. The molecule has 0 spiro atoms. The van der Waals surface area contributed by atoms with Gasteiger partial charge in [0, 0.05) is 0 Å². The lowest BCUT2D eigenvalue weighted by atomic mass is 9.99. The normalized spacial score (nSPS) is 10.7. The van der Waals surface area contributed by atoms with E-state index in [0.29, 0.717) is 23.1 Å². The summed E-state index contributed by atoms with van der Waals surface area (Å²) in [7, 11) is 0. The van der Waals surface area contributed by atoms with Gasteiger partial charge in [-0.2, -0.15) is 4.98 Å². The Morgan fingerprint density at radius 3 is 1.97 bits per heavy atom. The van der Waals surface area contributed by atoms with Gasteiger partial charge in [0.1, 0.15) is 17.8 Å². The number of nitrogen functional groups attached to an aromatic ring is 1. The number of aromatic nitrogens is 2. The van der Waals surface area contributed by atoms with Crippen molar-refractivity contribution in [3.05, 3.63) is 108 Å². The lowest BCUT2D eigenvalue weighted by Gasteiger charge is -2.21. The monoisotopic (exact) mass is 382 g/mol. The van der Waals surface area contributed by atoms with E-state index in [9.17, 15) is 0 Å². The number of hydrogen-bond donors (Lipinski definition) is 2. The topological polar surface area (TPSA) is 73.1 Å². The molecule has 4 rings (SSSR count). The maximum Gasteiger partial charge on any atom is 0.248 e. The van der Waals surface area contributed by atoms with Crippen molar-refractivity contribution < 1.29 is 4.74 Å². The van der Waals surface area contributed by atoms with Crippen molar-refractivity contribution in [3.8, 4) is 11.6 Å². The van der Waals surface area contributed by atoms with Crippen LogP contribution in [-0.2, 0) is 0 Å². The lowest BCUT2D eigenvalue weighted by Crippen LogP contribution is -2.15. The van der Waals surface area contributed by atoms with Crippen LogP contribution < -0.4 is 15.8 Å². The molecule has 144 valence electrons. The number of aryl methyl sites for hydroxylation is 1. The van der Waals surface area contributed by atoms with Crippen LogP contribution in [0.4, 0.5) is 11.5 Å². The van der Waals surface area contributed by atoms with Crippen LogP contribution in [0.15, 0.2) is 91.3 Å². The number of nitrogens with two attached hydrogens (primary N) is 1. The maximum atomic E-state index is 6.35. The number of ether oxygens (including phenoxy) is 1. The molecular formula is C24H22N4O. The third-order valence-corrected chi connectivity index (χ3v) is 4.63. The first-order valence-electron chi connectivity index (χ1n) is 9.42. The highest BCUT2D eigenvalue weighted by Crippen LogP contribution is 2.33. The molecule has 0 aliphatic rings. The maximum absolute atomic E-state index is 6.35. The quantitative estimate of drug-likeness (QED) is 0.469. The van der Waals surface area contributed by atoms with Crippen molar-refractivity contribution in [3.63, 3.8) is 0 Å². The van der Waals surface area contributed by atoms with Crippen LogP contribution in [0.25, 0.3) is 0 Å². The minimum atomic E-state index is -0.109. The molecule has 0 saturated heterocycles. The van der Waals surface area contributed by atoms with E-state index in [1.54, 1.807) is 0 Å². The van der Waals surface area contributed by atoms with E-state index >= 15 is 0 Å². The molecular weight excluding hydrogens is 360 g/mol. The molecule has 0 aliphatic heterocycles. The molecule has 0 bridgehead atoms. The zero-order chi connectivity index (χ0) is 20.1. The van der Waals surface area contributed by atoms with Gasteiger partial charge in [0.15, 0.2) is 5.82 Å². The number of hydrogen-bond acceptors (Lipinski definition) is 5. The fourth-order valence-corrected chi connectivity index (χ4v) is 3.08. The fourth-order valence-electron chi connectivity index (χ4n) is 3.08. The Kier molecular flexibility index (Phi) is 5.38. The second kappa shape index (κ2) is 8.44.